The van der Waals surface area contributed by atoms with E-state index in [-0.39, 0.29) is 0 Å². The van der Waals surface area contributed by atoms with Crippen LogP contribution in [0.3, 0.4) is 0 Å². The predicted octanol–water partition coefficient (Wildman–Crippen LogP) is 4.29. The zero-order chi connectivity index (χ0) is 13.4. The van der Waals surface area contributed by atoms with E-state index in [0.29, 0.717) is 6.61 Å². The van der Waals surface area contributed by atoms with Gasteiger partial charge in [0, 0.05) is 11.0 Å². The molecule has 0 radical (unpaired) electrons. The minimum Gasteiger partial charge on any atom is -0.489 e. The average molecular weight is 312 g/mol. The summed E-state index contributed by atoms with van der Waals surface area (Å²) in [6.45, 7) is 10.7. The highest BCUT2D eigenvalue weighted by Gasteiger charge is 2.03. The van der Waals surface area contributed by atoms with Crippen LogP contribution in [-0.2, 0) is 6.54 Å². The topological polar surface area (TPSA) is 21.3 Å². The third-order valence-electron chi connectivity index (χ3n) is 2.70. The maximum absolute atomic E-state index is 5.71. The molecule has 0 aliphatic rings. The molecular weight excluding hydrogens is 290 g/mol. The van der Waals surface area contributed by atoms with Crippen molar-refractivity contribution in [3.63, 3.8) is 0 Å². The summed E-state index contributed by atoms with van der Waals surface area (Å²) in [6, 6.07) is 6.10. The molecule has 0 aliphatic heterocycles. The van der Waals surface area contributed by atoms with E-state index in [1.54, 1.807) is 0 Å². The molecular formula is C15H22BrNO. The summed E-state index contributed by atoms with van der Waals surface area (Å²) in [5, 5.41) is 3.39. The summed E-state index contributed by atoms with van der Waals surface area (Å²) in [5.74, 6) is 0.904. The molecule has 0 heterocycles. The molecule has 0 spiro atoms. The first-order valence-electron chi connectivity index (χ1n) is 6.46. The first-order valence-corrected chi connectivity index (χ1v) is 7.25. The fourth-order valence-electron chi connectivity index (χ4n) is 1.46. The van der Waals surface area contributed by atoms with Crippen molar-refractivity contribution in [3.05, 3.63) is 40.4 Å². The molecule has 0 saturated heterocycles. The fraction of sp³-hybridized carbons (Fsp3) is 0.467. The molecule has 0 amide bonds. The Morgan fingerprint density at radius 3 is 2.83 bits per heavy atom. The molecule has 100 valence electrons. The molecule has 3 heteroatoms. The lowest BCUT2D eigenvalue weighted by atomic mass is 10.2. The van der Waals surface area contributed by atoms with Gasteiger partial charge in [-0.05, 0) is 48.7 Å². The molecule has 0 atom stereocenters. The number of rotatable bonds is 8. The second-order valence-electron chi connectivity index (χ2n) is 4.32. The Hall–Kier alpha value is -0.800. The van der Waals surface area contributed by atoms with E-state index in [1.165, 1.54) is 5.56 Å². The number of nitrogens with one attached hydrogen (secondary N) is 1. The third kappa shape index (κ3) is 5.23. The molecule has 1 aromatic carbocycles. The van der Waals surface area contributed by atoms with Gasteiger partial charge in [-0.3, -0.25) is 0 Å². The highest BCUT2D eigenvalue weighted by Crippen LogP contribution is 2.23. The smallest absolute Gasteiger partial charge is 0.120 e. The van der Waals surface area contributed by atoms with Gasteiger partial charge in [0.05, 0.1) is 0 Å². The summed E-state index contributed by atoms with van der Waals surface area (Å²) in [7, 11) is 0. The van der Waals surface area contributed by atoms with Crippen LogP contribution < -0.4 is 10.1 Å². The van der Waals surface area contributed by atoms with Crippen molar-refractivity contribution >= 4 is 15.9 Å². The van der Waals surface area contributed by atoms with Gasteiger partial charge in [0.15, 0.2) is 0 Å². The number of hydrogen-bond donors (Lipinski definition) is 1. The van der Waals surface area contributed by atoms with Crippen molar-refractivity contribution in [2.45, 2.75) is 33.2 Å². The Kier molecular flexibility index (Phi) is 7.06. The molecule has 0 saturated carbocycles. The SMILES string of the molecule is C=C(CC)COc1ccc(Br)c(CNCCC)c1. The van der Waals surface area contributed by atoms with E-state index in [4.69, 9.17) is 4.74 Å². The lowest BCUT2D eigenvalue weighted by Gasteiger charge is -2.11. The van der Waals surface area contributed by atoms with Crippen molar-refractivity contribution < 1.29 is 4.74 Å². The standard InChI is InChI=1S/C15H22BrNO/c1-4-8-17-10-13-9-14(6-7-15(13)16)18-11-12(3)5-2/h6-7,9,17H,3-5,8,10-11H2,1-2H3. The molecule has 1 N–H and O–H groups in total. The Morgan fingerprint density at radius 1 is 1.39 bits per heavy atom. The molecule has 1 rings (SSSR count). The molecule has 1 aromatic rings. The van der Waals surface area contributed by atoms with Crippen LogP contribution in [-0.4, -0.2) is 13.2 Å². The van der Waals surface area contributed by atoms with Crippen LogP contribution >= 0.6 is 15.9 Å². The molecule has 0 unspecified atom stereocenters. The summed E-state index contributed by atoms with van der Waals surface area (Å²) >= 11 is 3.56. The van der Waals surface area contributed by atoms with E-state index in [0.717, 1.165) is 41.7 Å². The first-order chi connectivity index (χ1) is 8.67. The highest BCUT2D eigenvalue weighted by atomic mass is 79.9. The second kappa shape index (κ2) is 8.33. The summed E-state index contributed by atoms with van der Waals surface area (Å²) in [6.07, 6.45) is 2.10. The third-order valence-corrected chi connectivity index (χ3v) is 3.48. The van der Waals surface area contributed by atoms with Crippen LogP contribution in [0.4, 0.5) is 0 Å². The average Bonchev–Trinajstić information content (AvgIpc) is 2.39. The van der Waals surface area contributed by atoms with Crippen molar-refractivity contribution in [2.75, 3.05) is 13.2 Å². The van der Waals surface area contributed by atoms with Crippen LogP contribution in [0.5, 0.6) is 5.75 Å². The Morgan fingerprint density at radius 2 is 2.17 bits per heavy atom. The van der Waals surface area contributed by atoms with Gasteiger partial charge >= 0.3 is 0 Å². The Balaban J connectivity index is 2.59. The van der Waals surface area contributed by atoms with Crippen LogP contribution in [0.15, 0.2) is 34.8 Å². The number of benzene rings is 1. The van der Waals surface area contributed by atoms with E-state index >= 15 is 0 Å². The molecule has 0 aromatic heterocycles. The van der Waals surface area contributed by atoms with Crippen LogP contribution in [0, 0.1) is 0 Å². The van der Waals surface area contributed by atoms with Gasteiger partial charge in [0.2, 0.25) is 0 Å². The van der Waals surface area contributed by atoms with Gasteiger partial charge in [-0.1, -0.05) is 36.4 Å². The zero-order valence-corrected chi connectivity index (χ0v) is 12.8. The van der Waals surface area contributed by atoms with Gasteiger partial charge in [-0.25, -0.2) is 0 Å². The number of hydrogen-bond acceptors (Lipinski definition) is 2. The highest BCUT2D eigenvalue weighted by molar-refractivity contribution is 9.10. The quantitative estimate of drug-likeness (QED) is 0.571. The van der Waals surface area contributed by atoms with Gasteiger partial charge in [-0.15, -0.1) is 0 Å². The summed E-state index contributed by atoms with van der Waals surface area (Å²) in [5.41, 5.74) is 2.34. The van der Waals surface area contributed by atoms with Gasteiger partial charge < -0.3 is 10.1 Å². The van der Waals surface area contributed by atoms with Gasteiger partial charge in [0.25, 0.3) is 0 Å². The van der Waals surface area contributed by atoms with E-state index in [1.807, 2.05) is 12.1 Å². The maximum Gasteiger partial charge on any atom is 0.120 e. The zero-order valence-electron chi connectivity index (χ0n) is 11.3. The van der Waals surface area contributed by atoms with Crippen molar-refractivity contribution in [2.24, 2.45) is 0 Å². The number of halogens is 1. The Labute approximate surface area is 119 Å². The molecule has 2 nitrogen and oxygen atoms in total. The first kappa shape index (κ1) is 15.3. The lowest BCUT2D eigenvalue weighted by molar-refractivity contribution is 0.348. The van der Waals surface area contributed by atoms with Gasteiger partial charge in [0.1, 0.15) is 12.4 Å². The van der Waals surface area contributed by atoms with Crippen LogP contribution in [0.1, 0.15) is 32.3 Å². The maximum atomic E-state index is 5.71. The molecule has 0 fully saturated rings. The molecule has 0 bridgehead atoms. The monoisotopic (exact) mass is 311 g/mol. The van der Waals surface area contributed by atoms with E-state index in [2.05, 4.69) is 47.7 Å². The molecule has 0 aliphatic carbocycles. The van der Waals surface area contributed by atoms with Gasteiger partial charge in [-0.2, -0.15) is 0 Å². The second-order valence-corrected chi connectivity index (χ2v) is 5.18. The summed E-state index contributed by atoms with van der Waals surface area (Å²) < 4.78 is 6.83. The van der Waals surface area contributed by atoms with Crippen LogP contribution in [0.2, 0.25) is 0 Å². The van der Waals surface area contributed by atoms with Crippen molar-refractivity contribution in [1.29, 1.82) is 0 Å². The van der Waals surface area contributed by atoms with E-state index in [9.17, 15) is 0 Å². The number of ether oxygens (including phenoxy) is 1. The minimum atomic E-state index is 0.597. The summed E-state index contributed by atoms with van der Waals surface area (Å²) in [4.78, 5) is 0. The minimum absolute atomic E-state index is 0.597. The predicted molar refractivity (Wildman–Crippen MR) is 81.1 cm³/mol. The largest absolute Gasteiger partial charge is 0.489 e. The molecule has 18 heavy (non-hydrogen) atoms. The van der Waals surface area contributed by atoms with E-state index < -0.39 is 0 Å². The van der Waals surface area contributed by atoms with Crippen molar-refractivity contribution in [3.8, 4) is 5.75 Å². The Bertz CT molecular complexity index is 390. The van der Waals surface area contributed by atoms with Crippen molar-refractivity contribution in [1.82, 2.24) is 5.32 Å². The normalized spacial score (nSPS) is 10.4. The van der Waals surface area contributed by atoms with Crippen LogP contribution in [0.25, 0.3) is 0 Å². The lowest BCUT2D eigenvalue weighted by Crippen LogP contribution is -2.14. The fourth-order valence-corrected chi connectivity index (χ4v) is 1.85.